The summed E-state index contributed by atoms with van der Waals surface area (Å²) >= 11 is 1.89. The summed E-state index contributed by atoms with van der Waals surface area (Å²) in [6.45, 7) is 14.2. The molecule has 0 aliphatic carbocycles. The lowest BCUT2D eigenvalue weighted by atomic mass is 9.90. The molecule has 0 spiro atoms. The summed E-state index contributed by atoms with van der Waals surface area (Å²) in [6.07, 6.45) is 2.56. The van der Waals surface area contributed by atoms with Crippen LogP contribution in [0.4, 0.5) is 0 Å². The molecule has 20 heavy (non-hydrogen) atoms. The van der Waals surface area contributed by atoms with Crippen molar-refractivity contribution < 1.29 is 0 Å². The van der Waals surface area contributed by atoms with Crippen LogP contribution in [-0.2, 0) is 5.41 Å². The first-order chi connectivity index (χ1) is 9.47. The smallest absolute Gasteiger partial charge is 0.0197 e. The van der Waals surface area contributed by atoms with Crippen LogP contribution in [-0.4, -0.2) is 37.1 Å². The van der Waals surface area contributed by atoms with Gasteiger partial charge in [0.1, 0.15) is 0 Å². The van der Waals surface area contributed by atoms with Crippen LogP contribution in [0, 0.1) is 5.92 Å². The highest BCUT2D eigenvalue weighted by Gasteiger charge is 2.27. The monoisotopic (exact) mass is 294 g/mol. The third-order valence-corrected chi connectivity index (χ3v) is 5.36. The molecule has 3 heteroatoms. The molecule has 1 atom stereocenters. The van der Waals surface area contributed by atoms with E-state index >= 15 is 0 Å². The topological polar surface area (TPSA) is 15.3 Å². The fraction of sp³-hybridized carbons (Fsp3) is 0.765. The van der Waals surface area contributed by atoms with Gasteiger partial charge in [-0.25, -0.2) is 0 Å². The molecule has 1 N–H and O–H groups in total. The zero-order valence-corrected chi connectivity index (χ0v) is 14.3. The molecule has 2 nitrogen and oxygen atoms in total. The van der Waals surface area contributed by atoms with Gasteiger partial charge in [0.25, 0.3) is 0 Å². The lowest BCUT2D eigenvalue weighted by molar-refractivity contribution is 0.214. The predicted molar refractivity (Wildman–Crippen MR) is 89.6 cm³/mol. The van der Waals surface area contributed by atoms with Crippen LogP contribution in [0.25, 0.3) is 0 Å². The van der Waals surface area contributed by atoms with Crippen molar-refractivity contribution >= 4 is 11.3 Å². The van der Waals surface area contributed by atoms with Crippen molar-refractivity contribution in [1.29, 1.82) is 0 Å². The summed E-state index contributed by atoms with van der Waals surface area (Å²) in [5, 5.41) is 5.92. The van der Waals surface area contributed by atoms with E-state index in [0.29, 0.717) is 6.04 Å². The Kier molecular flexibility index (Phi) is 5.65. The van der Waals surface area contributed by atoms with E-state index < -0.39 is 0 Å². The minimum Gasteiger partial charge on any atom is -0.313 e. The van der Waals surface area contributed by atoms with E-state index in [0.717, 1.165) is 5.92 Å². The Labute approximate surface area is 128 Å². The van der Waals surface area contributed by atoms with Crippen LogP contribution >= 0.6 is 11.3 Å². The normalized spacial score (nSPS) is 22.1. The van der Waals surface area contributed by atoms with Crippen molar-refractivity contribution in [2.75, 3.05) is 26.2 Å². The Hall–Kier alpha value is -0.380. The molecular formula is C17H30N2S. The number of thiophene rings is 1. The van der Waals surface area contributed by atoms with Gasteiger partial charge in [0.05, 0.1) is 0 Å². The van der Waals surface area contributed by atoms with Crippen LogP contribution in [0.5, 0.6) is 0 Å². The Bertz CT molecular complexity index is 384. The summed E-state index contributed by atoms with van der Waals surface area (Å²) in [4.78, 5) is 4.18. The molecule has 1 aromatic heterocycles. The average Bonchev–Trinajstić information content (AvgIpc) is 2.80. The molecule has 2 heterocycles. The maximum atomic E-state index is 3.72. The van der Waals surface area contributed by atoms with Crippen molar-refractivity contribution in [2.24, 2.45) is 5.92 Å². The van der Waals surface area contributed by atoms with Crippen molar-refractivity contribution in [2.45, 2.75) is 52.0 Å². The zero-order valence-electron chi connectivity index (χ0n) is 13.5. The van der Waals surface area contributed by atoms with Gasteiger partial charge in [-0.1, -0.05) is 33.8 Å². The van der Waals surface area contributed by atoms with Crippen molar-refractivity contribution in [3.8, 4) is 0 Å². The third kappa shape index (κ3) is 4.57. The molecule has 2 rings (SSSR count). The maximum absolute atomic E-state index is 3.72. The molecule has 1 aliphatic rings. The van der Waals surface area contributed by atoms with Gasteiger partial charge >= 0.3 is 0 Å². The first kappa shape index (κ1) is 16.0. The highest BCUT2D eigenvalue weighted by molar-refractivity contribution is 7.10. The SMILES string of the molecule is CC(C)CC1CN(CC(C)(C)c2cccs2)CCCN1. The molecule has 1 aromatic rings. The van der Waals surface area contributed by atoms with Crippen LogP contribution < -0.4 is 5.32 Å². The van der Waals surface area contributed by atoms with Gasteiger partial charge in [-0.05, 0) is 43.3 Å². The third-order valence-electron chi connectivity index (χ3n) is 4.13. The average molecular weight is 295 g/mol. The number of hydrogen-bond acceptors (Lipinski definition) is 3. The Morgan fingerprint density at radius 2 is 2.25 bits per heavy atom. The molecular weight excluding hydrogens is 264 g/mol. The number of nitrogens with one attached hydrogen (secondary N) is 1. The molecule has 1 fully saturated rings. The highest BCUT2D eigenvalue weighted by Crippen LogP contribution is 2.29. The fourth-order valence-electron chi connectivity index (χ4n) is 3.25. The molecule has 0 radical (unpaired) electrons. The van der Waals surface area contributed by atoms with Gasteiger partial charge in [-0.3, -0.25) is 0 Å². The summed E-state index contributed by atoms with van der Waals surface area (Å²) in [6, 6.07) is 5.12. The number of hydrogen-bond donors (Lipinski definition) is 1. The van der Waals surface area contributed by atoms with E-state index in [1.54, 1.807) is 0 Å². The minimum absolute atomic E-state index is 0.265. The second kappa shape index (κ2) is 7.06. The lowest BCUT2D eigenvalue weighted by Gasteiger charge is -2.33. The Morgan fingerprint density at radius 1 is 1.45 bits per heavy atom. The van der Waals surface area contributed by atoms with Gasteiger partial charge in [0.2, 0.25) is 0 Å². The second-order valence-electron chi connectivity index (χ2n) is 7.23. The van der Waals surface area contributed by atoms with Crippen LogP contribution in [0.3, 0.4) is 0 Å². The standard InChI is InChI=1S/C17H30N2S/c1-14(2)11-15-12-19(9-6-8-18-15)13-17(3,4)16-7-5-10-20-16/h5,7,10,14-15,18H,6,8-9,11-13H2,1-4H3. The molecule has 0 amide bonds. The van der Waals surface area contributed by atoms with Gasteiger partial charge in [0, 0.05) is 29.4 Å². The number of rotatable bonds is 5. The summed E-state index contributed by atoms with van der Waals surface area (Å²) in [5.74, 6) is 0.776. The Morgan fingerprint density at radius 3 is 2.90 bits per heavy atom. The molecule has 0 saturated carbocycles. The predicted octanol–water partition coefficient (Wildman–Crippen LogP) is 3.74. The molecule has 114 valence electrons. The van der Waals surface area contributed by atoms with Gasteiger partial charge in [0.15, 0.2) is 0 Å². The lowest BCUT2D eigenvalue weighted by Crippen LogP contribution is -2.43. The zero-order chi connectivity index (χ0) is 14.6. The molecule has 1 aliphatic heterocycles. The number of nitrogens with zero attached hydrogens (tertiary/aromatic N) is 1. The second-order valence-corrected chi connectivity index (χ2v) is 8.18. The van der Waals surface area contributed by atoms with E-state index in [1.165, 1.54) is 43.9 Å². The first-order valence-electron chi connectivity index (χ1n) is 7.97. The first-order valence-corrected chi connectivity index (χ1v) is 8.85. The van der Waals surface area contributed by atoms with Crippen LogP contribution in [0.2, 0.25) is 0 Å². The quantitative estimate of drug-likeness (QED) is 0.890. The molecule has 0 bridgehead atoms. The van der Waals surface area contributed by atoms with Crippen LogP contribution in [0.15, 0.2) is 17.5 Å². The van der Waals surface area contributed by atoms with Gasteiger partial charge < -0.3 is 10.2 Å². The Balaban J connectivity index is 1.96. The van der Waals surface area contributed by atoms with E-state index in [4.69, 9.17) is 0 Å². The van der Waals surface area contributed by atoms with E-state index in [1.807, 2.05) is 11.3 Å². The van der Waals surface area contributed by atoms with Crippen molar-refractivity contribution in [3.63, 3.8) is 0 Å². The van der Waals surface area contributed by atoms with Gasteiger partial charge in [-0.2, -0.15) is 0 Å². The van der Waals surface area contributed by atoms with Crippen molar-refractivity contribution in [3.05, 3.63) is 22.4 Å². The van der Waals surface area contributed by atoms with Crippen LogP contribution in [0.1, 0.15) is 45.4 Å². The van der Waals surface area contributed by atoms with Crippen molar-refractivity contribution in [1.82, 2.24) is 10.2 Å². The minimum atomic E-state index is 0.265. The maximum Gasteiger partial charge on any atom is 0.0197 e. The summed E-state index contributed by atoms with van der Waals surface area (Å²) < 4.78 is 0. The molecule has 1 saturated heterocycles. The van der Waals surface area contributed by atoms with E-state index in [9.17, 15) is 0 Å². The fourth-order valence-corrected chi connectivity index (χ4v) is 4.09. The van der Waals surface area contributed by atoms with E-state index in [-0.39, 0.29) is 5.41 Å². The van der Waals surface area contributed by atoms with Gasteiger partial charge in [-0.15, -0.1) is 11.3 Å². The largest absolute Gasteiger partial charge is 0.313 e. The summed E-state index contributed by atoms with van der Waals surface area (Å²) in [7, 11) is 0. The highest BCUT2D eigenvalue weighted by atomic mass is 32.1. The van der Waals surface area contributed by atoms with E-state index in [2.05, 4.69) is 55.4 Å². The summed E-state index contributed by atoms with van der Waals surface area (Å²) in [5.41, 5.74) is 0.265. The molecule has 1 unspecified atom stereocenters. The molecule has 0 aromatic carbocycles.